The predicted octanol–water partition coefficient (Wildman–Crippen LogP) is 2.10. The monoisotopic (exact) mass is 212 g/mol. The van der Waals surface area contributed by atoms with Crippen molar-refractivity contribution in [2.24, 2.45) is 5.73 Å². The lowest BCUT2D eigenvalue weighted by molar-refractivity contribution is 0.146. The Kier molecular flexibility index (Phi) is 3.03. The Morgan fingerprint density at radius 3 is 2.71 bits per heavy atom. The van der Waals surface area contributed by atoms with Gasteiger partial charge in [0.2, 0.25) is 0 Å². The van der Waals surface area contributed by atoms with Gasteiger partial charge in [0, 0.05) is 11.4 Å². The number of hydrogen-bond acceptors (Lipinski definition) is 4. The lowest BCUT2D eigenvalue weighted by Gasteiger charge is -2.25. The van der Waals surface area contributed by atoms with Gasteiger partial charge in [-0.05, 0) is 32.6 Å². The number of ether oxygens (including phenoxy) is 1. The fourth-order valence-corrected chi connectivity index (χ4v) is 2.45. The van der Waals surface area contributed by atoms with E-state index >= 15 is 0 Å². The van der Waals surface area contributed by atoms with E-state index in [1.54, 1.807) is 11.3 Å². The first-order chi connectivity index (χ1) is 6.74. The standard InChI is InChI=1S/C10H16N2OS/c1-7-6-14-10(12-7)13-9-4-2-8(11)3-5-9/h6,8-9H,2-5,11H2,1H3. The van der Waals surface area contributed by atoms with Gasteiger partial charge in [0.1, 0.15) is 6.10 Å². The molecule has 4 heteroatoms. The summed E-state index contributed by atoms with van der Waals surface area (Å²) >= 11 is 1.58. The van der Waals surface area contributed by atoms with Crippen LogP contribution in [-0.4, -0.2) is 17.1 Å². The Hall–Kier alpha value is -0.610. The molecule has 1 saturated carbocycles. The molecular formula is C10H16N2OS. The van der Waals surface area contributed by atoms with Crippen molar-refractivity contribution in [2.75, 3.05) is 0 Å². The van der Waals surface area contributed by atoms with E-state index < -0.39 is 0 Å². The maximum absolute atomic E-state index is 5.83. The lowest BCUT2D eigenvalue weighted by atomic mass is 9.94. The fraction of sp³-hybridized carbons (Fsp3) is 0.700. The van der Waals surface area contributed by atoms with Crippen LogP contribution in [-0.2, 0) is 0 Å². The van der Waals surface area contributed by atoms with Gasteiger partial charge in [0.05, 0.1) is 5.69 Å². The van der Waals surface area contributed by atoms with Crippen molar-refractivity contribution in [3.05, 3.63) is 11.1 Å². The number of nitrogens with two attached hydrogens (primary N) is 1. The molecule has 0 aromatic carbocycles. The van der Waals surface area contributed by atoms with Gasteiger partial charge < -0.3 is 10.5 Å². The van der Waals surface area contributed by atoms with E-state index in [0.717, 1.165) is 36.6 Å². The topological polar surface area (TPSA) is 48.1 Å². The molecular weight excluding hydrogens is 196 g/mol. The van der Waals surface area contributed by atoms with Gasteiger partial charge in [0.25, 0.3) is 5.19 Å². The van der Waals surface area contributed by atoms with E-state index in [2.05, 4.69) is 4.98 Å². The van der Waals surface area contributed by atoms with Crippen LogP contribution in [0.2, 0.25) is 0 Å². The van der Waals surface area contributed by atoms with Crippen LogP contribution in [0.15, 0.2) is 5.38 Å². The van der Waals surface area contributed by atoms with Crippen molar-refractivity contribution in [2.45, 2.75) is 44.8 Å². The minimum atomic E-state index is 0.334. The first-order valence-corrected chi connectivity index (χ1v) is 5.96. The third kappa shape index (κ3) is 2.45. The maximum Gasteiger partial charge on any atom is 0.273 e. The third-order valence-electron chi connectivity index (χ3n) is 2.58. The Labute approximate surface area is 88.3 Å². The zero-order valence-electron chi connectivity index (χ0n) is 8.40. The molecule has 0 bridgehead atoms. The zero-order chi connectivity index (χ0) is 9.97. The Bertz CT molecular complexity index is 292. The molecule has 0 spiro atoms. The van der Waals surface area contributed by atoms with Crippen LogP contribution in [0.25, 0.3) is 0 Å². The zero-order valence-corrected chi connectivity index (χ0v) is 9.22. The summed E-state index contributed by atoms with van der Waals surface area (Å²) in [7, 11) is 0. The number of hydrogen-bond donors (Lipinski definition) is 1. The summed E-state index contributed by atoms with van der Waals surface area (Å²) in [4.78, 5) is 4.29. The van der Waals surface area contributed by atoms with Gasteiger partial charge in [0.15, 0.2) is 0 Å². The molecule has 78 valence electrons. The summed E-state index contributed by atoms with van der Waals surface area (Å²) in [5.41, 5.74) is 6.87. The normalized spacial score (nSPS) is 27.6. The van der Waals surface area contributed by atoms with Gasteiger partial charge in [-0.3, -0.25) is 0 Å². The van der Waals surface area contributed by atoms with Crippen LogP contribution in [0.3, 0.4) is 0 Å². The molecule has 0 amide bonds. The predicted molar refractivity (Wildman–Crippen MR) is 57.7 cm³/mol. The lowest BCUT2D eigenvalue weighted by Crippen LogP contribution is -2.31. The summed E-state index contributed by atoms with van der Waals surface area (Å²) in [5.74, 6) is 0. The number of aromatic nitrogens is 1. The highest BCUT2D eigenvalue weighted by atomic mass is 32.1. The number of thiazole rings is 1. The third-order valence-corrected chi connectivity index (χ3v) is 3.43. The summed E-state index contributed by atoms with van der Waals surface area (Å²) in [6.45, 7) is 1.99. The van der Waals surface area contributed by atoms with Crippen LogP contribution >= 0.6 is 11.3 Å². The molecule has 1 aliphatic rings. The minimum absolute atomic E-state index is 0.334. The SMILES string of the molecule is Cc1csc(OC2CCC(N)CC2)n1. The van der Waals surface area contributed by atoms with Crippen molar-refractivity contribution in [1.29, 1.82) is 0 Å². The van der Waals surface area contributed by atoms with Crippen LogP contribution in [0.1, 0.15) is 31.4 Å². The van der Waals surface area contributed by atoms with Gasteiger partial charge in [-0.2, -0.15) is 0 Å². The Balaban J connectivity index is 1.86. The Morgan fingerprint density at radius 1 is 1.43 bits per heavy atom. The second-order valence-electron chi connectivity index (χ2n) is 3.91. The van der Waals surface area contributed by atoms with E-state index in [4.69, 9.17) is 10.5 Å². The molecule has 0 unspecified atom stereocenters. The molecule has 1 heterocycles. The number of nitrogens with zero attached hydrogens (tertiary/aromatic N) is 1. The molecule has 0 radical (unpaired) electrons. The molecule has 1 aromatic rings. The van der Waals surface area contributed by atoms with Crippen LogP contribution < -0.4 is 10.5 Å². The Morgan fingerprint density at radius 2 is 2.14 bits per heavy atom. The molecule has 2 rings (SSSR count). The maximum atomic E-state index is 5.83. The van der Waals surface area contributed by atoms with Crippen LogP contribution in [0.5, 0.6) is 5.19 Å². The van der Waals surface area contributed by atoms with Gasteiger partial charge >= 0.3 is 0 Å². The van der Waals surface area contributed by atoms with Crippen molar-refractivity contribution in [3.63, 3.8) is 0 Å². The quantitative estimate of drug-likeness (QED) is 0.816. The average molecular weight is 212 g/mol. The highest BCUT2D eigenvalue weighted by Gasteiger charge is 2.20. The first kappa shape index (κ1) is 9.93. The molecule has 2 N–H and O–H groups in total. The van der Waals surface area contributed by atoms with E-state index in [0.29, 0.717) is 12.1 Å². The smallest absolute Gasteiger partial charge is 0.273 e. The molecule has 1 fully saturated rings. The molecule has 0 aliphatic heterocycles. The highest BCUT2D eigenvalue weighted by molar-refractivity contribution is 7.11. The van der Waals surface area contributed by atoms with Gasteiger partial charge in [-0.25, -0.2) is 4.98 Å². The van der Waals surface area contributed by atoms with Crippen LogP contribution in [0.4, 0.5) is 0 Å². The summed E-state index contributed by atoms with van der Waals surface area (Å²) in [5, 5.41) is 2.83. The first-order valence-electron chi connectivity index (χ1n) is 5.08. The van der Waals surface area contributed by atoms with Crippen LogP contribution in [0, 0.1) is 6.92 Å². The summed E-state index contributed by atoms with van der Waals surface area (Å²) < 4.78 is 5.78. The summed E-state index contributed by atoms with van der Waals surface area (Å²) in [6, 6.07) is 0.382. The van der Waals surface area contributed by atoms with E-state index in [-0.39, 0.29) is 0 Å². The fourth-order valence-electron chi connectivity index (χ4n) is 1.74. The number of aryl methyl sites for hydroxylation is 1. The van der Waals surface area contributed by atoms with Crippen molar-refractivity contribution < 1.29 is 4.74 Å². The molecule has 1 aliphatic carbocycles. The van der Waals surface area contributed by atoms with E-state index in [9.17, 15) is 0 Å². The molecule has 3 nitrogen and oxygen atoms in total. The van der Waals surface area contributed by atoms with Crippen molar-refractivity contribution in [1.82, 2.24) is 4.98 Å². The minimum Gasteiger partial charge on any atom is -0.467 e. The van der Waals surface area contributed by atoms with Crippen molar-refractivity contribution >= 4 is 11.3 Å². The van der Waals surface area contributed by atoms with E-state index in [1.165, 1.54) is 0 Å². The highest BCUT2D eigenvalue weighted by Crippen LogP contribution is 2.25. The largest absolute Gasteiger partial charge is 0.467 e. The van der Waals surface area contributed by atoms with E-state index in [1.807, 2.05) is 12.3 Å². The second kappa shape index (κ2) is 4.28. The van der Waals surface area contributed by atoms with Crippen molar-refractivity contribution in [3.8, 4) is 5.19 Å². The van der Waals surface area contributed by atoms with Gasteiger partial charge in [-0.15, -0.1) is 0 Å². The molecule has 14 heavy (non-hydrogen) atoms. The second-order valence-corrected chi connectivity index (χ2v) is 4.73. The van der Waals surface area contributed by atoms with Gasteiger partial charge in [-0.1, -0.05) is 11.3 Å². The summed E-state index contributed by atoms with van der Waals surface area (Å²) in [6.07, 6.45) is 4.63. The number of rotatable bonds is 2. The average Bonchev–Trinajstić information content (AvgIpc) is 2.56. The molecule has 0 saturated heterocycles. The molecule has 1 aromatic heterocycles. The molecule has 0 atom stereocenters.